The van der Waals surface area contributed by atoms with Gasteiger partial charge >= 0.3 is 0 Å². The van der Waals surface area contributed by atoms with Crippen molar-refractivity contribution in [2.75, 3.05) is 20.3 Å². The smallest absolute Gasteiger partial charge is 0.0950 e. The highest BCUT2D eigenvalue weighted by molar-refractivity contribution is 4.95. The number of rotatable bonds is 6. The van der Waals surface area contributed by atoms with Gasteiger partial charge in [0.1, 0.15) is 0 Å². The fourth-order valence-corrected chi connectivity index (χ4v) is 1.07. The molecule has 0 saturated carbocycles. The number of nitrogens with zero attached hydrogens (tertiary/aromatic N) is 2. The lowest BCUT2D eigenvalue weighted by Gasteiger charge is -1.99. The summed E-state index contributed by atoms with van der Waals surface area (Å²) in [4.78, 5) is 4.25. The van der Waals surface area contributed by atoms with Crippen molar-refractivity contribution in [3.63, 3.8) is 0 Å². The van der Waals surface area contributed by atoms with Crippen LogP contribution in [0.15, 0.2) is 12.5 Å². The summed E-state index contributed by atoms with van der Waals surface area (Å²) in [7, 11) is 1.70. The molecule has 0 aliphatic carbocycles. The second-order valence-electron chi connectivity index (χ2n) is 2.88. The van der Waals surface area contributed by atoms with Crippen molar-refractivity contribution in [2.24, 2.45) is 0 Å². The molecule has 1 aromatic heterocycles. The minimum Gasteiger partial charge on any atom is -0.383 e. The average molecular weight is 183 g/mol. The molecule has 0 radical (unpaired) electrons. The van der Waals surface area contributed by atoms with Crippen LogP contribution in [0.25, 0.3) is 0 Å². The Kier molecular flexibility index (Phi) is 4.49. The molecule has 0 bridgehead atoms. The van der Waals surface area contributed by atoms with Gasteiger partial charge in [0.15, 0.2) is 0 Å². The molecule has 0 aromatic carbocycles. The summed E-state index contributed by atoms with van der Waals surface area (Å²) in [5.41, 5.74) is 1.08. The number of methoxy groups -OCH3 is 1. The topological polar surface area (TPSA) is 39.1 Å². The van der Waals surface area contributed by atoms with Gasteiger partial charge in [0.05, 0.1) is 18.6 Å². The number of hydrogen-bond acceptors (Lipinski definition) is 3. The van der Waals surface area contributed by atoms with Gasteiger partial charge in [-0.05, 0) is 6.54 Å². The minimum absolute atomic E-state index is 0.733. The van der Waals surface area contributed by atoms with E-state index < -0.39 is 0 Å². The van der Waals surface area contributed by atoms with Crippen LogP contribution in [-0.2, 0) is 17.8 Å². The zero-order chi connectivity index (χ0) is 9.52. The normalized spacial score (nSPS) is 10.6. The van der Waals surface area contributed by atoms with Gasteiger partial charge in [-0.15, -0.1) is 0 Å². The van der Waals surface area contributed by atoms with Crippen LogP contribution in [0, 0.1) is 0 Å². The molecule has 74 valence electrons. The molecule has 0 atom stereocenters. The van der Waals surface area contributed by atoms with Gasteiger partial charge in [0, 0.05) is 26.4 Å². The van der Waals surface area contributed by atoms with Crippen molar-refractivity contribution in [1.82, 2.24) is 14.9 Å². The summed E-state index contributed by atoms with van der Waals surface area (Å²) in [6.07, 6.45) is 3.88. The molecule has 13 heavy (non-hydrogen) atoms. The molecule has 0 aliphatic rings. The number of imidazole rings is 1. The summed E-state index contributed by atoms with van der Waals surface area (Å²) >= 11 is 0. The number of aromatic nitrogens is 2. The zero-order valence-corrected chi connectivity index (χ0v) is 8.29. The molecule has 1 rings (SSSR count). The van der Waals surface area contributed by atoms with Crippen LogP contribution in [0.5, 0.6) is 0 Å². The third-order valence-electron chi connectivity index (χ3n) is 1.80. The van der Waals surface area contributed by atoms with Crippen molar-refractivity contribution < 1.29 is 4.74 Å². The van der Waals surface area contributed by atoms with Gasteiger partial charge in [-0.3, -0.25) is 0 Å². The first-order valence-electron chi connectivity index (χ1n) is 4.57. The van der Waals surface area contributed by atoms with Crippen LogP contribution >= 0.6 is 0 Å². The molecule has 0 unspecified atom stereocenters. The average Bonchev–Trinajstić information content (AvgIpc) is 2.59. The van der Waals surface area contributed by atoms with Crippen LogP contribution < -0.4 is 5.32 Å². The number of nitrogens with one attached hydrogen (secondary N) is 1. The summed E-state index contributed by atoms with van der Waals surface area (Å²) in [5.74, 6) is 0. The fraction of sp³-hybridized carbons (Fsp3) is 0.667. The lowest BCUT2D eigenvalue weighted by molar-refractivity contribution is 0.187. The molecule has 1 N–H and O–H groups in total. The molecule has 0 amide bonds. The molecule has 0 saturated heterocycles. The van der Waals surface area contributed by atoms with E-state index >= 15 is 0 Å². The van der Waals surface area contributed by atoms with Crippen LogP contribution in [0.1, 0.15) is 12.6 Å². The Morgan fingerprint density at radius 1 is 1.62 bits per heavy atom. The Morgan fingerprint density at radius 3 is 3.15 bits per heavy atom. The van der Waals surface area contributed by atoms with Gasteiger partial charge in [0.25, 0.3) is 0 Å². The van der Waals surface area contributed by atoms with Crippen LogP contribution in [0.4, 0.5) is 0 Å². The minimum atomic E-state index is 0.733. The van der Waals surface area contributed by atoms with Crippen LogP contribution in [0.3, 0.4) is 0 Å². The quantitative estimate of drug-likeness (QED) is 0.703. The first kappa shape index (κ1) is 10.2. The maximum Gasteiger partial charge on any atom is 0.0950 e. The molecule has 0 fully saturated rings. The lowest BCUT2D eigenvalue weighted by Crippen LogP contribution is -2.11. The van der Waals surface area contributed by atoms with E-state index in [2.05, 4.69) is 17.2 Å². The van der Waals surface area contributed by atoms with Crippen LogP contribution in [0.2, 0.25) is 0 Å². The highest BCUT2D eigenvalue weighted by atomic mass is 16.5. The summed E-state index contributed by atoms with van der Waals surface area (Å²) in [5, 5.41) is 3.23. The Labute approximate surface area is 78.9 Å². The van der Waals surface area contributed by atoms with Gasteiger partial charge in [-0.25, -0.2) is 4.98 Å². The van der Waals surface area contributed by atoms with E-state index in [4.69, 9.17) is 4.74 Å². The molecule has 4 heteroatoms. The van der Waals surface area contributed by atoms with E-state index in [0.29, 0.717) is 0 Å². The van der Waals surface area contributed by atoms with Crippen molar-refractivity contribution in [3.05, 3.63) is 18.2 Å². The SMILES string of the molecule is CCNCc1cn(CCOC)cn1. The Morgan fingerprint density at radius 2 is 2.46 bits per heavy atom. The van der Waals surface area contributed by atoms with E-state index in [0.717, 1.165) is 31.9 Å². The van der Waals surface area contributed by atoms with Crippen molar-refractivity contribution in [1.29, 1.82) is 0 Å². The summed E-state index contributed by atoms with van der Waals surface area (Å²) in [6, 6.07) is 0. The maximum absolute atomic E-state index is 4.97. The molecule has 1 heterocycles. The first-order valence-corrected chi connectivity index (χ1v) is 4.57. The predicted molar refractivity (Wildman–Crippen MR) is 51.5 cm³/mol. The molecular formula is C9H17N3O. The molecule has 0 aliphatic heterocycles. The van der Waals surface area contributed by atoms with Gasteiger partial charge in [-0.2, -0.15) is 0 Å². The third kappa shape index (κ3) is 3.57. The third-order valence-corrected chi connectivity index (χ3v) is 1.80. The highest BCUT2D eigenvalue weighted by Gasteiger charge is 1.96. The Hall–Kier alpha value is -0.870. The van der Waals surface area contributed by atoms with E-state index in [1.165, 1.54) is 0 Å². The largest absolute Gasteiger partial charge is 0.383 e. The second-order valence-corrected chi connectivity index (χ2v) is 2.88. The Bertz CT molecular complexity index is 212. The summed E-state index contributed by atoms with van der Waals surface area (Å²) in [6.45, 7) is 5.51. The van der Waals surface area contributed by atoms with Crippen molar-refractivity contribution in [3.8, 4) is 0 Å². The molecule has 4 nitrogen and oxygen atoms in total. The van der Waals surface area contributed by atoms with E-state index in [-0.39, 0.29) is 0 Å². The number of ether oxygens (including phenoxy) is 1. The standard InChI is InChI=1S/C9H17N3O/c1-3-10-6-9-7-12(8-11-9)4-5-13-2/h7-8,10H,3-6H2,1-2H3. The predicted octanol–water partition coefficient (Wildman–Crippen LogP) is 0.639. The van der Waals surface area contributed by atoms with E-state index in [1.807, 2.05) is 17.1 Å². The first-order chi connectivity index (χ1) is 6.36. The monoisotopic (exact) mass is 183 g/mol. The van der Waals surface area contributed by atoms with Crippen molar-refractivity contribution in [2.45, 2.75) is 20.0 Å². The number of hydrogen-bond donors (Lipinski definition) is 1. The fourth-order valence-electron chi connectivity index (χ4n) is 1.07. The molecule has 0 spiro atoms. The zero-order valence-electron chi connectivity index (χ0n) is 8.29. The second kappa shape index (κ2) is 5.72. The highest BCUT2D eigenvalue weighted by Crippen LogP contribution is 1.95. The maximum atomic E-state index is 4.97. The summed E-state index contributed by atoms with van der Waals surface area (Å²) < 4.78 is 7.01. The molecule has 1 aromatic rings. The van der Waals surface area contributed by atoms with Gasteiger partial charge < -0.3 is 14.6 Å². The van der Waals surface area contributed by atoms with Crippen LogP contribution in [-0.4, -0.2) is 29.8 Å². The van der Waals surface area contributed by atoms with Crippen molar-refractivity contribution >= 4 is 0 Å². The van der Waals surface area contributed by atoms with Gasteiger partial charge in [0.2, 0.25) is 0 Å². The lowest BCUT2D eigenvalue weighted by atomic mass is 10.4. The molecular weight excluding hydrogens is 166 g/mol. The van der Waals surface area contributed by atoms with Gasteiger partial charge in [-0.1, -0.05) is 6.92 Å². The Balaban J connectivity index is 2.34. The van der Waals surface area contributed by atoms with E-state index in [9.17, 15) is 0 Å². The van der Waals surface area contributed by atoms with E-state index in [1.54, 1.807) is 7.11 Å².